The smallest absolute Gasteiger partial charge is 0.220 e. The van der Waals surface area contributed by atoms with Gasteiger partial charge in [0, 0.05) is 0 Å². The van der Waals surface area contributed by atoms with Crippen LogP contribution in [0.5, 0.6) is 0 Å². The van der Waals surface area contributed by atoms with Crippen molar-refractivity contribution < 1.29 is 5.11 Å². The first-order valence-electron chi connectivity index (χ1n) is 3.86. The minimum atomic E-state index is 0.0428. The third kappa shape index (κ3) is 1.31. The van der Waals surface area contributed by atoms with Crippen LogP contribution in [0.4, 0.5) is 5.95 Å². The van der Waals surface area contributed by atoms with Crippen LogP contribution in [0.3, 0.4) is 0 Å². The lowest BCUT2D eigenvalue weighted by Gasteiger charge is -1.98. The van der Waals surface area contributed by atoms with Gasteiger partial charge in [0.1, 0.15) is 11.0 Å². The number of aliphatic hydroxyl groups excluding tert-OH is 1. The second kappa shape index (κ2) is 2.98. The number of aromatic nitrogens is 4. The van der Waals surface area contributed by atoms with Crippen molar-refractivity contribution in [1.82, 2.24) is 19.7 Å². The Hall–Kier alpha value is -1.69. The molecule has 2 aromatic heterocycles. The summed E-state index contributed by atoms with van der Waals surface area (Å²) in [5, 5.41) is 12.8. The van der Waals surface area contributed by atoms with Gasteiger partial charge in [-0.2, -0.15) is 5.10 Å². The molecule has 2 aromatic rings. The largest absolute Gasteiger partial charge is 0.394 e. The molecule has 6 nitrogen and oxygen atoms in total. The predicted molar refractivity (Wildman–Crippen MR) is 46.8 cm³/mol. The van der Waals surface area contributed by atoms with E-state index in [1.807, 2.05) is 0 Å². The lowest BCUT2D eigenvalue weighted by Crippen LogP contribution is -2.04. The third-order valence-electron chi connectivity index (χ3n) is 1.73. The minimum absolute atomic E-state index is 0.0428. The molecule has 13 heavy (non-hydrogen) atoms. The number of nitrogens with zero attached hydrogens (tertiary/aromatic N) is 4. The van der Waals surface area contributed by atoms with Gasteiger partial charge >= 0.3 is 0 Å². The first kappa shape index (κ1) is 7.93. The van der Waals surface area contributed by atoms with Gasteiger partial charge in [-0.3, -0.25) is 4.68 Å². The molecule has 6 heteroatoms. The Morgan fingerprint density at radius 2 is 2.31 bits per heavy atom. The van der Waals surface area contributed by atoms with E-state index in [-0.39, 0.29) is 12.6 Å². The van der Waals surface area contributed by atoms with Crippen molar-refractivity contribution in [3.63, 3.8) is 0 Å². The normalized spacial score (nSPS) is 10.8. The Kier molecular flexibility index (Phi) is 1.82. The monoisotopic (exact) mass is 179 g/mol. The highest BCUT2D eigenvalue weighted by atomic mass is 16.3. The van der Waals surface area contributed by atoms with Crippen LogP contribution in [0.25, 0.3) is 11.0 Å². The second-order valence-electron chi connectivity index (χ2n) is 2.59. The highest BCUT2D eigenvalue weighted by molar-refractivity contribution is 5.73. The van der Waals surface area contributed by atoms with Crippen LogP contribution >= 0.6 is 0 Å². The van der Waals surface area contributed by atoms with Crippen molar-refractivity contribution in [1.29, 1.82) is 0 Å². The summed E-state index contributed by atoms with van der Waals surface area (Å²) in [5.74, 6) is 0.232. The lowest BCUT2D eigenvalue weighted by atomic mass is 10.4. The Bertz CT molecular complexity index is 424. The molecular weight excluding hydrogens is 170 g/mol. The fourth-order valence-corrected chi connectivity index (χ4v) is 1.16. The number of anilines is 1. The number of nitrogen functional groups attached to an aromatic ring is 1. The molecule has 0 saturated heterocycles. The van der Waals surface area contributed by atoms with Crippen molar-refractivity contribution in [3.05, 3.63) is 12.4 Å². The van der Waals surface area contributed by atoms with Crippen LogP contribution in [0.2, 0.25) is 0 Å². The molecule has 0 aliphatic rings. The zero-order valence-electron chi connectivity index (χ0n) is 6.88. The number of aliphatic hydroxyl groups is 1. The second-order valence-corrected chi connectivity index (χ2v) is 2.59. The third-order valence-corrected chi connectivity index (χ3v) is 1.73. The highest BCUT2D eigenvalue weighted by Gasteiger charge is 2.03. The van der Waals surface area contributed by atoms with Gasteiger partial charge in [0.25, 0.3) is 0 Å². The molecule has 3 N–H and O–H groups in total. The van der Waals surface area contributed by atoms with Gasteiger partial charge in [-0.1, -0.05) is 0 Å². The standard InChI is InChI=1S/C7H9N5O/c8-7-9-4-6-5(11-7)3-10-12(6)1-2-13/h3-4,13H,1-2H2,(H2,8,9,11). The quantitative estimate of drug-likeness (QED) is 0.642. The van der Waals surface area contributed by atoms with E-state index in [0.717, 1.165) is 5.52 Å². The van der Waals surface area contributed by atoms with Crippen LogP contribution in [0, 0.1) is 0 Å². The summed E-state index contributed by atoms with van der Waals surface area (Å²) >= 11 is 0. The van der Waals surface area contributed by atoms with E-state index in [0.29, 0.717) is 12.1 Å². The highest BCUT2D eigenvalue weighted by Crippen LogP contribution is 2.09. The van der Waals surface area contributed by atoms with E-state index in [1.54, 1.807) is 17.1 Å². The summed E-state index contributed by atoms with van der Waals surface area (Å²) < 4.78 is 1.63. The predicted octanol–water partition coefficient (Wildman–Crippen LogP) is -0.599. The Balaban J connectivity index is 2.55. The summed E-state index contributed by atoms with van der Waals surface area (Å²) in [5.41, 5.74) is 6.87. The van der Waals surface area contributed by atoms with Crippen molar-refractivity contribution in [2.45, 2.75) is 6.54 Å². The van der Waals surface area contributed by atoms with Crippen LogP contribution in [0.15, 0.2) is 12.4 Å². The van der Waals surface area contributed by atoms with Crippen LogP contribution in [0.1, 0.15) is 0 Å². The fraction of sp³-hybridized carbons (Fsp3) is 0.286. The van der Waals surface area contributed by atoms with Crippen molar-refractivity contribution in [2.24, 2.45) is 0 Å². The summed E-state index contributed by atoms with van der Waals surface area (Å²) in [6.45, 7) is 0.484. The first-order valence-corrected chi connectivity index (χ1v) is 3.86. The van der Waals surface area contributed by atoms with Gasteiger partial charge in [-0.15, -0.1) is 0 Å². The number of rotatable bonds is 2. The van der Waals surface area contributed by atoms with Crippen LogP contribution in [-0.2, 0) is 6.54 Å². The first-order chi connectivity index (χ1) is 6.31. The van der Waals surface area contributed by atoms with Crippen LogP contribution in [-0.4, -0.2) is 31.5 Å². The summed E-state index contributed by atoms with van der Waals surface area (Å²) in [4.78, 5) is 7.83. The zero-order valence-corrected chi connectivity index (χ0v) is 6.88. The van der Waals surface area contributed by atoms with E-state index in [2.05, 4.69) is 15.1 Å². The fourth-order valence-electron chi connectivity index (χ4n) is 1.16. The molecule has 0 bridgehead atoms. The molecule has 0 aliphatic carbocycles. The Morgan fingerprint density at radius 3 is 3.08 bits per heavy atom. The molecular formula is C7H9N5O. The molecule has 0 unspecified atom stereocenters. The summed E-state index contributed by atoms with van der Waals surface area (Å²) in [6.07, 6.45) is 3.20. The maximum Gasteiger partial charge on any atom is 0.220 e. The van der Waals surface area contributed by atoms with Crippen molar-refractivity contribution in [2.75, 3.05) is 12.3 Å². The number of fused-ring (bicyclic) bond motifs is 1. The van der Waals surface area contributed by atoms with E-state index < -0.39 is 0 Å². The van der Waals surface area contributed by atoms with E-state index >= 15 is 0 Å². The molecule has 2 rings (SSSR count). The van der Waals surface area contributed by atoms with Gasteiger partial charge in [0.15, 0.2) is 0 Å². The number of hydrogen-bond acceptors (Lipinski definition) is 5. The average Bonchev–Trinajstić information content (AvgIpc) is 2.49. The lowest BCUT2D eigenvalue weighted by molar-refractivity contribution is 0.271. The molecule has 0 amide bonds. The topological polar surface area (TPSA) is 89.8 Å². The van der Waals surface area contributed by atoms with E-state index in [4.69, 9.17) is 10.8 Å². The Morgan fingerprint density at radius 1 is 1.46 bits per heavy atom. The molecule has 0 aliphatic heterocycles. The van der Waals surface area contributed by atoms with Crippen LogP contribution < -0.4 is 5.73 Å². The Labute approximate surface area is 74.0 Å². The maximum absolute atomic E-state index is 8.73. The van der Waals surface area contributed by atoms with E-state index in [1.165, 1.54) is 0 Å². The number of nitrogens with two attached hydrogens (primary N) is 1. The van der Waals surface area contributed by atoms with Gasteiger partial charge < -0.3 is 10.8 Å². The zero-order chi connectivity index (χ0) is 9.26. The van der Waals surface area contributed by atoms with Gasteiger partial charge in [0.05, 0.1) is 25.5 Å². The number of hydrogen-bond donors (Lipinski definition) is 2. The van der Waals surface area contributed by atoms with Gasteiger partial charge in [-0.25, -0.2) is 9.97 Å². The molecule has 68 valence electrons. The SMILES string of the molecule is Nc1ncc2c(cnn2CCO)n1. The summed E-state index contributed by atoms with van der Waals surface area (Å²) in [7, 11) is 0. The molecule has 0 fully saturated rings. The van der Waals surface area contributed by atoms with Gasteiger partial charge in [-0.05, 0) is 0 Å². The van der Waals surface area contributed by atoms with E-state index in [9.17, 15) is 0 Å². The average molecular weight is 179 g/mol. The van der Waals surface area contributed by atoms with Crippen molar-refractivity contribution in [3.8, 4) is 0 Å². The summed E-state index contributed by atoms with van der Waals surface area (Å²) in [6, 6.07) is 0. The molecule has 2 heterocycles. The maximum atomic E-state index is 8.73. The minimum Gasteiger partial charge on any atom is -0.394 e. The molecule has 0 atom stereocenters. The molecule has 0 spiro atoms. The molecule has 0 aromatic carbocycles. The van der Waals surface area contributed by atoms with Gasteiger partial charge in [0.2, 0.25) is 5.95 Å². The molecule has 0 saturated carbocycles. The van der Waals surface area contributed by atoms with Crippen molar-refractivity contribution >= 4 is 17.0 Å². The molecule has 0 radical (unpaired) electrons.